The Morgan fingerprint density at radius 3 is 2.91 bits per heavy atom. The Kier molecular flexibility index (Phi) is 2.38. The first-order valence-corrected chi connectivity index (χ1v) is 3.90. The lowest BCUT2D eigenvalue weighted by Gasteiger charge is -2.00. The summed E-state index contributed by atoms with van der Waals surface area (Å²) in [4.78, 5) is 11.2. The fourth-order valence-corrected chi connectivity index (χ4v) is 1.53. The number of carboxylic acids is 1. The van der Waals surface area contributed by atoms with E-state index in [0.29, 0.717) is 4.88 Å². The zero-order chi connectivity index (χ0) is 8.27. The molecule has 0 aliphatic rings. The molecule has 1 heterocycles. The first-order valence-electron chi connectivity index (χ1n) is 3.02. The van der Waals surface area contributed by atoms with E-state index < -0.39 is 11.9 Å². The van der Waals surface area contributed by atoms with Crippen molar-refractivity contribution in [2.75, 3.05) is 0 Å². The van der Waals surface area contributed by atoms with Crippen LogP contribution < -0.4 is 0 Å². The van der Waals surface area contributed by atoms with Gasteiger partial charge in [-0.05, 0) is 11.4 Å². The number of carbonyl (C=O) groups is 1. The SMILES string of the molecule is N=CC(C(=O)O)c1cccs1. The Bertz CT molecular complexity index is 255. The smallest absolute Gasteiger partial charge is 0.317 e. The molecule has 0 bridgehead atoms. The van der Waals surface area contributed by atoms with Gasteiger partial charge in [0.05, 0.1) is 0 Å². The predicted octanol–water partition coefficient (Wildman–Crippen LogP) is 1.57. The summed E-state index contributed by atoms with van der Waals surface area (Å²) in [6.07, 6.45) is 0.939. The summed E-state index contributed by atoms with van der Waals surface area (Å²) in [5, 5.41) is 17.3. The van der Waals surface area contributed by atoms with Crippen molar-refractivity contribution in [1.29, 1.82) is 5.41 Å². The van der Waals surface area contributed by atoms with Gasteiger partial charge in [-0.3, -0.25) is 4.79 Å². The van der Waals surface area contributed by atoms with Crippen LogP contribution in [0, 0.1) is 5.41 Å². The number of aliphatic carboxylic acids is 1. The molecule has 0 saturated heterocycles. The van der Waals surface area contributed by atoms with Crippen molar-refractivity contribution in [3.63, 3.8) is 0 Å². The monoisotopic (exact) mass is 169 g/mol. The minimum atomic E-state index is -0.970. The second-order valence-electron chi connectivity index (χ2n) is 2.00. The van der Waals surface area contributed by atoms with Crippen molar-refractivity contribution < 1.29 is 9.90 Å². The van der Waals surface area contributed by atoms with Crippen molar-refractivity contribution in [1.82, 2.24) is 0 Å². The molecule has 1 atom stereocenters. The first kappa shape index (κ1) is 7.94. The van der Waals surface area contributed by atoms with Gasteiger partial charge in [0.2, 0.25) is 0 Å². The summed E-state index contributed by atoms with van der Waals surface area (Å²) in [6.45, 7) is 0. The van der Waals surface area contributed by atoms with Crippen LogP contribution in [0.2, 0.25) is 0 Å². The largest absolute Gasteiger partial charge is 0.480 e. The van der Waals surface area contributed by atoms with Gasteiger partial charge in [-0.1, -0.05) is 6.07 Å². The number of thiophene rings is 1. The molecule has 0 radical (unpaired) electrons. The molecule has 0 spiro atoms. The molecule has 2 N–H and O–H groups in total. The number of rotatable bonds is 3. The highest BCUT2D eigenvalue weighted by Crippen LogP contribution is 2.19. The Morgan fingerprint density at radius 2 is 2.55 bits per heavy atom. The normalized spacial score (nSPS) is 12.4. The standard InChI is InChI=1S/C7H7NO2S/c8-4-5(7(9)10)6-2-1-3-11-6/h1-5,8H,(H,9,10). The molecule has 0 amide bonds. The molecular weight excluding hydrogens is 162 g/mol. The highest BCUT2D eigenvalue weighted by atomic mass is 32.1. The maximum absolute atomic E-state index is 10.5. The van der Waals surface area contributed by atoms with Gasteiger partial charge in [-0.25, -0.2) is 0 Å². The van der Waals surface area contributed by atoms with Crippen LogP contribution in [-0.2, 0) is 4.79 Å². The molecule has 1 aromatic rings. The van der Waals surface area contributed by atoms with E-state index >= 15 is 0 Å². The third-order valence-electron chi connectivity index (χ3n) is 1.28. The third kappa shape index (κ3) is 1.65. The lowest BCUT2D eigenvalue weighted by atomic mass is 10.1. The van der Waals surface area contributed by atoms with Gasteiger partial charge in [-0.15, -0.1) is 11.3 Å². The van der Waals surface area contributed by atoms with Crippen LogP contribution in [0.15, 0.2) is 17.5 Å². The number of nitrogens with one attached hydrogen (secondary N) is 1. The summed E-state index contributed by atoms with van der Waals surface area (Å²) >= 11 is 1.35. The molecule has 0 aliphatic carbocycles. The van der Waals surface area contributed by atoms with Crippen LogP contribution in [0.3, 0.4) is 0 Å². The summed E-state index contributed by atoms with van der Waals surface area (Å²) in [5.74, 6) is -1.74. The number of carboxylic acid groups (broad SMARTS) is 1. The van der Waals surface area contributed by atoms with Crippen molar-refractivity contribution in [3.05, 3.63) is 22.4 Å². The maximum Gasteiger partial charge on any atom is 0.317 e. The van der Waals surface area contributed by atoms with Crippen LogP contribution in [0.5, 0.6) is 0 Å². The fourth-order valence-electron chi connectivity index (χ4n) is 0.743. The molecule has 0 aliphatic heterocycles. The Hall–Kier alpha value is -1.16. The van der Waals surface area contributed by atoms with Gasteiger partial charge in [0.1, 0.15) is 5.92 Å². The average molecular weight is 169 g/mol. The van der Waals surface area contributed by atoms with Gasteiger partial charge in [0.15, 0.2) is 0 Å². The zero-order valence-electron chi connectivity index (χ0n) is 5.65. The first-order chi connectivity index (χ1) is 5.25. The van der Waals surface area contributed by atoms with Crippen LogP contribution in [-0.4, -0.2) is 17.3 Å². The molecule has 1 rings (SSSR count). The highest BCUT2D eigenvalue weighted by molar-refractivity contribution is 7.10. The van der Waals surface area contributed by atoms with Crippen LogP contribution >= 0.6 is 11.3 Å². The van der Waals surface area contributed by atoms with Gasteiger partial charge < -0.3 is 10.5 Å². The van der Waals surface area contributed by atoms with E-state index in [4.69, 9.17) is 10.5 Å². The Labute approximate surface area is 67.8 Å². The number of hydrogen-bond donors (Lipinski definition) is 2. The van der Waals surface area contributed by atoms with Gasteiger partial charge >= 0.3 is 5.97 Å². The van der Waals surface area contributed by atoms with Gasteiger partial charge in [0, 0.05) is 11.1 Å². The molecule has 3 nitrogen and oxygen atoms in total. The predicted molar refractivity (Wildman–Crippen MR) is 43.5 cm³/mol. The molecule has 11 heavy (non-hydrogen) atoms. The second kappa shape index (κ2) is 3.30. The molecule has 0 aromatic carbocycles. The lowest BCUT2D eigenvalue weighted by Crippen LogP contribution is -2.10. The van der Waals surface area contributed by atoms with Gasteiger partial charge in [0.25, 0.3) is 0 Å². The summed E-state index contributed by atoms with van der Waals surface area (Å²) < 4.78 is 0. The van der Waals surface area contributed by atoms with Crippen molar-refractivity contribution in [3.8, 4) is 0 Å². The fraction of sp³-hybridized carbons (Fsp3) is 0.143. The lowest BCUT2D eigenvalue weighted by molar-refractivity contribution is -0.136. The third-order valence-corrected chi connectivity index (χ3v) is 2.24. The minimum Gasteiger partial charge on any atom is -0.480 e. The second-order valence-corrected chi connectivity index (χ2v) is 2.98. The summed E-state index contributed by atoms with van der Waals surface area (Å²) in [6, 6.07) is 3.49. The molecule has 1 aromatic heterocycles. The van der Waals surface area contributed by atoms with Crippen molar-refractivity contribution in [2.45, 2.75) is 5.92 Å². The molecule has 1 unspecified atom stereocenters. The van der Waals surface area contributed by atoms with E-state index in [1.54, 1.807) is 17.5 Å². The summed E-state index contributed by atoms with van der Waals surface area (Å²) in [5.41, 5.74) is 0. The van der Waals surface area contributed by atoms with E-state index in [9.17, 15) is 4.79 Å². The summed E-state index contributed by atoms with van der Waals surface area (Å²) in [7, 11) is 0. The number of hydrogen-bond acceptors (Lipinski definition) is 3. The van der Waals surface area contributed by atoms with E-state index in [0.717, 1.165) is 6.21 Å². The molecule has 4 heteroatoms. The van der Waals surface area contributed by atoms with Crippen molar-refractivity contribution in [2.24, 2.45) is 0 Å². The van der Waals surface area contributed by atoms with Crippen LogP contribution in [0.1, 0.15) is 10.8 Å². The molecule has 0 saturated carbocycles. The van der Waals surface area contributed by atoms with E-state index in [-0.39, 0.29) is 0 Å². The van der Waals surface area contributed by atoms with E-state index in [1.807, 2.05) is 0 Å². The average Bonchev–Trinajstić information content (AvgIpc) is 2.40. The van der Waals surface area contributed by atoms with Crippen LogP contribution in [0.4, 0.5) is 0 Å². The van der Waals surface area contributed by atoms with E-state index in [2.05, 4.69) is 0 Å². The molecule has 58 valence electrons. The topological polar surface area (TPSA) is 61.2 Å². The highest BCUT2D eigenvalue weighted by Gasteiger charge is 2.16. The molecular formula is C7H7NO2S. The van der Waals surface area contributed by atoms with Crippen molar-refractivity contribution >= 4 is 23.5 Å². The minimum absolute atomic E-state index is 0.701. The zero-order valence-corrected chi connectivity index (χ0v) is 6.47. The van der Waals surface area contributed by atoms with E-state index in [1.165, 1.54) is 11.3 Å². The molecule has 0 fully saturated rings. The van der Waals surface area contributed by atoms with Gasteiger partial charge in [-0.2, -0.15) is 0 Å². The Balaban J connectivity index is 2.88. The maximum atomic E-state index is 10.5. The van der Waals surface area contributed by atoms with Crippen LogP contribution in [0.25, 0.3) is 0 Å². The Morgan fingerprint density at radius 1 is 1.82 bits per heavy atom. The quantitative estimate of drug-likeness (QED) is 0.674.